The lowest BCUT2D eigenvalue weighted by atomic mass is 10.2. The number of benzene rings is 2. The number of rotatable bonds is 6. The molecule has 1 heterocycles. The van der Waals surface area contributed by atoms with Crippen LogP contribution in [0.5, 0.6) is 11.5 Å². The largest absolute Gasteiger partial charge is 0.490 e. The number of ether oxygens (including phenoxy) is 2. The topological polar surface area (TPSA) is 83.7 Å². The molecule has 8 heteroatoms. The van der Waals surface area contributed by atoms with Crippen molar-refractivity contribution in [2.45, 2.75) is 13.8 Å². The molecule has 0 bridgehead atoms. The third-order valence-corrected chi connectivity index (χ3v) is 5.03. The molecule has 148 valence electrons. The van der Waals surface area contributed by atoms with Crippen LogP contribution >= 0.6 is 23.4 Å². The number of thioether (sulfide) groups is 1. The van der Waals surface area contributed by atoms with Crippen LogP contribution in [0.4, 0.5) is 5.69 Å². The van der Waals surface area contributed by atoms with Crippen molar-refractivity contribution in [2.75, 3.05) is 13.2 Å². The maximum Gasteiger partial charge on any atom is 0.264 e. The van der Waals surface area contributed by atoms with Gasteiger partial charge < -0.3 is 14.8 Å². The van der Waals surface area contributed by atoms with Gasteiger partial charge in [0.05, 0.1) is 17.2 Å². The third-order valence-electron chi connectivity index (χ3n) is 3.89. The maximum atomic E-state index is 12.3. The summed E-state index contributed by atoms with van der Waals surface area (Å²) in [6.45, 7) is 4.16. The zero-order valence-corrected chi connectivity index (χ0v) is 17.4. The minimum absolute atomic E-state index is 0.0668. The maximum absolute atomic E-state index is 12.3. The molecule has 2 aromatic rings. The van der Waals surface area contributed by atoms with E-state index in [1.165, 1.54) is 11.8 Å². The normalized spacial score (nSPS) is 16.0. The van der Waals surface area contributed by atoms with Gasteiger partial charge in [-0.15, -0.1) is 0 Å². The van der Waals surface area contributed by atoms with Gasteiger partial charge in [0, 0.05) is 5.02 Å². The van der Waals surface area contributed by atoms with Crippen molar-refractivity contribution in [3.8, 4) is 17.6 Å². The molecular formula is C21H18ClN3O3S. The van der Waals surface area contributed by atoms with E-state index in [1.807, 2.05) is 32.0 Å². The third kappa shape index (κ3) is 5.31. The van der Waals surface area contributed by atoms with Gasteiger partial charge in [-0.3, -0.25) is 4.79 Å². The van der Waals surface area contributed by atoms with Crippen LogP contribution in [0.1, 0.15) is 18.1 Å². The Morgan fingerprint density at radius 2 is 2.07 bits per heavy atom. The minimum Gasteiger partial charge on any atom is -0.490 e. The second-order valence-corrected chi connectivity index (χ2v) is 7.47. The Balaban J connectivity index is 1.83. The van der Waals surface area contributed by atoms with Crippen molar-refractivity contribution >= 4 is 46.2 Å². The van der Waals surface area contributed by atoms with Gasteiger partial charge in [0.15, 0.2) is 23.3 Å². The number of aliphatic imine (C=N–C) groups is 1. The van der Waals surface area contributed by atoms with Crippen molar-refractivity contribution in [3.63, 3.8) is 0 Å². The van der Waals surface area contributed by atoms with Gasteiger partial charge in [-0.25, -0.2) is 4.99 Å². The highest BCUT2D eigenvalue weighted by Crippen LogP contribution is 2.33. The van der Waals surface area contributed by atoms with E-state index in [0.29, 0.717) is 33.2 Å². The first-order valence-corrected chi connectivity index (χ1v) is 10.0. The van der Waals surface area contributed by atoms with Crippen LogP contribution in [0.25, 0.3) is 6.08 Å². The quantitative estimate of drug-likeness (QED) is 0.667. The highest BCUT2D eigenvalue weighted by Gasteiger charge is 2.24. The van der Waals surface area contributed by atoms with Crippen LogP contribution in [-0.2, 0) is 4.79 Å². The van der Waals surface area contributed by atoms with Crippen LogP contribution in [0.3, 0.4) is 0 Å². The number of nitrogens with zero attached hydrogens (tertiary/aromatic N) is 2. The number of nitrogens with one attached hydrogen (secondary N) is 1. The molecular weight excluding hydrogens is 410 g/mol. The van der Waals surface area contributed by atoms with Crippen LogP contribution in [0.15, 0.2) is 46.3 Å². The summed E-state index contributed by atoms with van der Waals surface area (Å²) in [6.07, 6.45) is 1.76. The summed E-state index contributed by atoms with van der Waals surface area (Å²) in [5.41, 5.74) is 2.45. The summed E-state index contributed by atoms with van der Waals surface area (Å²) >= 11 is 7.24. The fraction of sp³-hybridized carbons (Fsp3) is 0.190. The molecule has 2 aromatic carbocycles. The van der Waals surface area contributed by atoms with E-state index in [4.69, 9.17) is 26.3 Å². The summed E-state index contributed by atoms with van der Waals surface area (Å²) in [4.78, 5) is 17.4. The Labute approximate surface area is 178 Å². The van der Waals surface area contributed by atoms with Crippen molar-refractivity contribution in [1.29, 1.82) is 5.26 Å². The van der Waals surface area contributed by atoms with Gasteiger partial charge >= 0.3 is 0 Å². The van der Waals surface area contributed by atoms with Gasteiger partial charge in [0.2, 0.25) is 0 Å². The summed E-state index contributed by atoms with van der Waals surface area (Å²) in [7, 11) is 0. The lowest BCUT2D eigenvalue weighted by Gasteiger charge is -2.10. The fourth-order valence-electron chi connectivity index (χ4n) is 2.60. The van der Waals surface area contributed by atoms with Crippen LogP contribution in [0.2, 0.25) is 5.02 Å². The van der Waals surface area contributed by atoms with E-state index >= 15 is 0 Å². The van der Waals surface area contributed by atoms with Crippen LogP contribution in [-0.4, -0.2) is 24.3 Å². The number of hydrogen-bond donors (Lipinski definition) is 1. The molecule has 0 atom stereocenters. The van der Waals surface area contributed by atoms with Crippen molar-refractivity contribution in [1.82, 2.24) is 5.32 Å². The molecule has 0 aromatic heterocycles. The molecule has 3 rings (SSSR count). The van der Waals surface area contributed by atoms with Gasteiger partial charge in [-0.05, 0) is 73.1 Å². The predicted molar refractivity (Wildman–Crippen MR) is 116 cm³/mol. The van der Waals surface area contributed by atoms with Crippen molar-refractivity contribution in [2.24, 2.45) is 4.99 Å². The molecule has 1 fully saturated rings. The Kier molecular flexibility index (Phi) is 6.81. The van der Waals surface area contributed by atoms with Crippen LogP contribution in [0, 0.1) is 18.3 Å². The number of carbonyl (C=O) groups is 1. The average molecular weight is 428 g/mol. The Morgan fingerprint density at radius 1 is 1.24 bits per heavy atom. The lowest BCUT2D eigenvalue weighted by Crippen LogP contribution is -2.19. The zero-order valence-electron chi connectivity index (χ0n) is 15.9. The SMILES string of the molecule is CCOc1cc(/C=C2\SC(=Nc3ccc(Cl)cc3C)NC2=O)ccc1OCC#N. The van der Waals surface area contributed by atoms with E-state index < -0.39 is 0 Å². The smallest absolute Gasteiger partial charge is 0.264 e. The average Bonchev–Trinajstić information content (AvgIpc) is 3.02. The summed E-state index contributed by atoms with van der Waals surface area (Å²) < 4.78 is 11.0. The fourth-order valence-corrected chi connectivity index (χ4v) is 3.66. The first-order valence-electron chi connectivity index (χ1n) is 8.82. The number of hydrogen-bond acceptors (Lipinski definition) is 6. The van der Waals surface area contributed by atoms with Gasteiger partial charge in [0.25, 0.3) is 5.91 Å². The molecule has 0 spiro atoms. The number of amides is 1. The highest BCUT2D eigenvalue weighted by atomic mass is 35.5. The van der Waals surface area contributed by atoms with Crippen molar-refractivity contribution < 1.29 is 14.3 Å². The second kappa shape index (κ2) is 9.50. The summed E-state index contributed by atoms with van der Waals surface area (Å²) in [5, 5.41) is 12.6. The number of aryl methyl sites for hydroxylation is 1. The van der Waals surface area contributed by atoms with E-state index in [9.17, 15) is 4.79 Å². The molecule has 0 saturated carbocycles. The molecule has 1 saturated heterocycles. The Bertz CT molecular complexity index is 1040. The first kappa shape index (κ1) is 20.8. The van der Waals surface area contributed by atoms with Gasteiger partial charge in [-0.2, -0.15) is 5.26 Å². The standard InChI is InChI=1S/C21H18ClN3O3S/c1-3-27-18-11-14(4-7-17(18)28-9-8-23)12-19-20(26)25-21(29-19)24-16-6-5-15(22)10-13(16)2/h4-7,10-12H,3,9H2,1-2H3,(H,24,25,26)/b19-12-. The molecule has 6 nitrogen and oxygen atoms in total. The van der Waals surface area contributed by atoms with Gasteiger partial charge in [-0.1, -0.05) is 17.7 Å². The van der Waals surface area contributed by atoms with Gasteiger partial charge in [0.1, 0.15) is 6.07 Å². The number of amidine groups is 1. The summed E-state index contributed by atoms with van der Waals surface area (Å²) in [5.74, 6) is 0.786. The monoisotopic (exact) mass is 427 g/mol. The van der Waals surface area contributed by atoms with E-state index in [0.717, 1.165) is 16.8 Å². The lowest BCUT2D eigenvalue weighted by molar-refractivity contribution is -0.115. The highest BCUT2D eigenvalue weighted by molar-refractivity contribution is 8.18. The Hall–Kier alpha value is -2.95. The van der Waals surface area contributed by atoms with Crippen LogP contribution < -0.4 is 14.8 Å². The zero-order chi connectivity index (χ0) is 20.8. The number of carbonyl (C=O) groups excluding carboxylic acids is 1. The molecule has 1 N–H and O–H groups in total. The molecule has 0 unspecified atom stereocenters. The van der Waals surface area contributed by atoms with Crippen molar-refractivity contribution in [3.05, 3.63) is 57.5 Å². The first-order chi connectivity index (χ1) is 14.0. The molecule has 1 amide bonds. The van der Waals surface area contributed by atoms with E-state index in [-0.39, 0.29) is 12.5 Å². The minimum atomic E-state index is -0.219. The number of halogens is 1. The van der Waals surface area contributed by atoms with E-state index in [1.54, 1.807) is 30.3 Å². The molecule has 0 aliphatic carbocycles. The second-order valence-electron chi connectivity index (χ2n) is 6.00. The molecule has 1 aliphatic rings. The molecule has 29 heavy (non-hydrogen) atoms. The molecule has 0 radical (unpaired) electrons. The molecule has 1 aliphatic heterocycles. The predicted octanol–water partition coefficient (Wildman–Crippen LogP) is 4.84. The number of nitriles is 1. The van der Waals surface area contributed by atoms with E-state index in [2.05, 4.69) is 10.3 Å². The Morgan fingerprint density at radius 3 is 2.79 bits per heavy atom. The summed E-state index contributed by atoms with van der Waals surface area (Å²) in [6, 6.07) is 12.6.